The Hall–Kier alpha value is -2.46. The smallest absolute Gasteiger partial charge is 0.194 e. The van der Waals surface area contributed by atoms with Gasteiger partial charge < -0.3 is 0 Å². The zero-order valence-corrected chi connectivity index (χ0v) is 13.5. The molecule has 0 aliphatic rings. The molecule has 0 amide bonds. The molecule has 2 aromatic carbocycles. The van der Waals surface area contributed by atoms with E-state index in [4.69, 9.17) is 0 Å². The van der Waals surface area contributed by atoms with Gasteiger partial charge in [0.25, 0.3) is 0 Å². The van der Waals surface area contributed by atoms with Crippen LogP contribution in [0.15, 0.2) is 60.9 Å². The average Bonchev–Trinajstić information content (AvgIpc) is 3.06. The number of rotatable bonds is 3. The Morgan fingerprint density at radius 3 is 2.65 bits per heavy atom. The van der Waals surface area contributed by atoms with Gasteiger partial charge in [-0.15, -0.1) is 11.3 Å². The maximum atomic E-state index is 13.0. The van der Waals surface area contributed by atoms with E-state index in [0.29, 0.717) is 0 Å². The minimum Gasteiger partial charge on any atom is -0.297 e. The fourth-order valence-corrected chi connectivity index (χ4v) is 3.70. The van der Waals surface area contributed by atoms with Crippen LogP contribution in [0.4, 0.5) is 4.39 Å². The van der Waals surface area contributed by atoms with E-state index in [1.807, 2.05) is 6.20 Å². The van der Waals surface area contributed by atoms with Crippen LogP contribution in [0.1, 0.15) is 16.0 Å². The molecule has 0 aliphatic heterocycles. The lowest BCUT2D eigenvalue weighted by atomic mass is 10.1. The molecule has 4 rings (SSSR count). The van der Waals surface area contributed by atoms with Crippen molar-refractivity contribution >= 4 is 16.3 Å². The Bertz CT molecular complexity index is 935. The van der Waals surface area contributed by atoms with Crippen LogP contribution in [0.2, 0.25) is 0 Å². The summed E-state index contributed by atoms with van der Waals surface area (Å²) in [4.78, 5) is 6.90. The fourth-order valence-electron chi connectivity index (χ4n) is 2.71. The molecule has 0 N–H and O–H groups in total. The maximum absolute atomic E-state index is 13.0. The van der Waals surface area contributed by atoms with Crippen LogP contribution in [0.25, 0.3) is 16.2 Å². The maximum Gasteiger partial charge on any atom is 0.194 e. The summed E-state index contributed by atoms with van der Waals surface area (Å²) in [6.07, 6.45) is 5.04. The van der Waals surface area contributed by atoms with Crippen molar-refractivity contribution in [3.63, 3.8) is 0 Å². The van der Waals surface area contributed by atoms with Gasteiger partial charge in [-0.05, 0) is 36.8 Å². The molecule has 0 bridgehead atoms. The van der Waals surface area contributed by atoms with Gasteiger partial charge >= 0.3 is 0 Å². The molecule has 0 radical (unpaired) electrons. The van der Waals surface area contributed by atoms with Gasteiger partial charge in [-0.3, -0.25) is 4.40 Å². The van der Waals surface area contributed by atoms with Crippen molar-refractivity contribution in [2.75, 3.05) is 0 Å². The van der Waals surface area contributed by atoms with Gasteiger partial charge in [-0.1, -0.05) is 29.8 Å². The zero-order chi connectivity index (χ0) is 15.8. The summed E-state index contributed by atoms with van der Waals surface area (Å²) < 4.78 is 15.1. The standard InChI is InChI=1S/C19H15FN2S/c1-13-3-2-4-14(9-13)10-17-11-22-12-18(21-19(22)23-17)15-5-7-16(20)8-6-15/h2-9,11-12H,10H2,1H3. The van der Waals surface area contributed by atoms with Crippen LogP contribution >= 0.6 is 11.3 Å². The van der Waals surface area contributed by atoms with E-state index in [1.165, 1.54) is 28.1 Å². The second-order valence-electron chi connectivity index (χ2n) is 5.69. The van der Waals surface area contributed by atoms with Gasteiger partial charge in [0.05, 0.1) is 5.69 Å². The molecule has 0 aliphatic carbocycles. The number of thiazole rings is 1. The Morgan fingerprint density at radius 1 is 1.09 bits per heavy atom. The monoisotopic (exact) mass is 322 g/mol. The first-order valence-electron chi connectivity index (χ1n) is 7.46. The van der Waals surface area contributed by atoms with Crippen LogP contribution in [-0.2, 0) is 6.42 Å². The van der Waals surface area contributed by atoms with E-state index in [1.54, 1.807) is 23.5 Å². The summed E-state index contributed by atoms with van der Waals surface area (Å²) in [6, 6.07) is 15.0. The Labute approximate surface area is 137 Å². The molecule has 4 heteroatoms. The fraction of sp³-hybridized carbons (Fsp3) is 0.105. The lowest BCUT2D eigenvalue weighted by molar-refractivity contribution is 0.628. The molecule has 4 aromatic rings. The first-order valence-corrected chi connectivity index (χ1v) is 8.28. The van der Waals surface area contributed by atoms with Gasteiger partial charge in [0.2, 0.25) is 0 Å². The third kappa shape index (κ3) is 2.90. The normalized spacial score (nSPS) is 11.2. The number of imidazole rings is 1. The Morgan fingerprint density at radius 2 is 1.91 bits per heavy atom. The number of benzene rings is 2. The van der Waals surface area contributed by atoms with Crippen LogP contribution in [0.5, 0.6) is 0 Å². The van der Waals surface area contributed by atoms with Crippen LogP contribution in [-0.4, -0.2) is 9.38 Å². The lowest BCUT2D eigenvalue weighted by Gasteiger charge is -1.99. The predicted octanol–water partition coefficient (Wildman–Crippen LogP) is 5.10. The zero-order valence-electron chi connectivity index (χ0n) is 12.7. The quantitative estimate of drug-likeness (QED) is 0.513. The molecule has 2 heterocycles. The summed E-state index contributed by atoms with van der Waals surface area (Å²) in [7, 11) is 0. The summed E-state index contributed by atoms with van der Waals surface area (Å²) >= 11 is 1.69. The molecular weight excluding hydrogens is 307 g/mol. The number of halogens is 1. The lowest BCUT2D eigenvalue weighted by Crippen LogP contribution is -1.85. The van der Waals surface area contributed by atoms with Gasteiger partial charge in [0.15, 0.2) is 4.96 Å². The van der Waals surface area contributed by atoms with Crippen molar-refractivity contribution in [3.05, 3.63) is 82.7 Å². The highest BCUT2D eigenvalue weighted by Gasteiger charge is 2.09. The van der Waals surface area contributed by atoms with Crippen molar-refractivity contribution in [3.8, 4) is 11.3 Å². The van der Waals surface area contributed by atoms with Crippen molar-refractivity contribution < 1.29 is 4.39 Å². The number of nitrogens with zero attached hydrogens (tertiary/aromatic N) is 2. The summed E-state index contributed by atoms with van der Waals surface area (Å²) in [5.41, 5.74) is 4.40. The van der Waals surface area contributed by atoms with E-state index in [9.17, 15) is 4.39 Å². The molecule has 0 atom stereocenters. The number of hydrogen-bond donors (Lipinski definition) is 0. The van der Waals surface area contributed by atoms with E-state index in [2.05, 4.69) is 46.8 Å². The van der Waals surface area contributed by atoms with E-state index >= 15 is 0 Å². The minimum atomic E-state index is -0.227. The SMILES string of the molecule is Cc1cccc(Cc2cn3cc(-c4ccc(F)cc4)nc3s2)c1. The summed E-state index contributed by atoms with van der Waals surface area (Å²) in [6.45, 7) is 2.11. The van der Waals surface area contributed by atoms with E-state index < -0.39 is 0 Å². The molecule has 23 heavy (non-hydrogen) atoms. The Kier molecular flexibility index (Phi) is 3.46. The third-order valence-electron chi connectivity index (χ3n) is 3.80. The van der Waals surface area contributed by atoms with Crippen LogP contribution < -0.4 is 0 Å². The number of aromatic nitrogens is 2. The molecule has 0 spiro atoms. The number of aryl methyl sites for hydroxylation is 1. The molecule has 0 fully saturated rings. The highest BCUT2D eigenvalue weighted by molar-refractivity contribution is 7.17. The first-order chi connectivity index (χ1) is 11.2. The molecule has 0 unspecified atom stereocenters. The van der Waals surface area contributed by atoms with Gasteiger partial charge in [-0.2, -0.15) is 0 Å². The van der Waals surface area contributed by atoms with Gasteiger partial charge in [0, 0.05) is 29.3 Å². The summed E-state index contributed by atoms with van der Waals surface area (Å²) in [5.74, 6) is -0.227. The number of hydrogen-bond acceptors (Lipinski definition) is 2. The largest absolute Gasteiger partial charge is 0.297 e. The van der Waals surface area contributed by atoms with E-state index in [0.717, 1.165) is 22.6 Å². The summed E-state index contributed by atoms with van der Waals surface area (Å²) in [5, 5.41) is 0. The first kappa shape index (κ1) is 14.2. The average molecular weight is 322 g/mol. The molecular formula is C19H15FN2S. The molecule has 2 nitrogen and oxygen atoms in total. The highest BCUT2D eigenvalue weighted by Crippen LogP contribution is 2.25. The van der Waals surface area contributed by atoms with Crippen molar-refractivity contribution in [2.24, 2.45) is 0 Å². The Balaban J connectivity index is 1.62. The topological polar surface area (TPSA) is 17.3 Å². The van der Waals surface area contributed by atoms with Crippen molar-refractivity contribution in [1.82, 2.24) is 9.38 Å². The van der Waals surface area contributed by atoms with Gasteiger partial charge in [-0.25, -0.2) is 9.37 Å². The highest BCUT2D eigenvalue weighted by atomic mass is 32.1. The second kappa shape index (κ2) is 5.63. The van der Waals surface area contributed by atoms with Gasteiger partial charge in [0.1, 0.15) is 5.82 Å². The molecule has 114 valence electrons. The number of fused-ring (bicyclic) bond motifs is 1. The van der Waals surface area contributed by atoms with Crippen LogP contribution in [0, 0.1) is 12.7 Å². The van der Waals surface area contributed by atoms with Crippen molar-refractivity contribution in [1.29, 1.82) is 0 Å². The van der Waals surface area contributed by atoms with Crippen LogP contribution in [0.3, 0.4) is 0 Å². The molecule has 0 saturated carbocycles. The second-order valence-corrected chi connectivity index (χ2v) is 6.78. The predicted molar refractivity (Wildman–Crippen MR) is 92.4 cm³/mol. The minimum absolute atomic E-state index is 0.227. The third-order valence-corrected chi connectivity index (χ3v) is 4.80. The van der Waals surface area contributed by atoms with Crippen molar-refractivity contribution in [2.45, 2.75) is 13.3 Å². The van der Waals surface area contributed by atoms with E-state index in [-0.39, 0.29) is 5.82 Å². The molecule has 0 saturated heterocycles. The molecule has 2 aromatic heterocycles.